The highest BCUT2D eigenvalue weighted by Gasteiger charge is 2.19. The van der Waals surface area contributed by atoms with Crippen molar-refractivity contribution >= 4 is 11.9 Å². The normalized spacial score (nSPS) is 14.3. The molecule has 0 aliphatic rings. The Hall–Kier alpha value is -2.21. The Morgan fingerprint density at radius 1 is 1.22 bits per heavy atom. The van der Waals surface area contributed by atoms with Gasteiger partial charge in [0.1, 0.15) is 0 Å². The lowest BCUT2D eigenvalue weighted by Gasteiger charge is -2.18. The van der Waals surface area contributed by atoms with Crippen molar-refractivity contribution in [2.45, 2.75) is 46.1 Å². The van der Waals surface area contributed by atoms with Crippen molar-refractivity contribution in [1.82, 2.24) is 15.2 Å². The topological polar surface area (TPSA) is 96.7 Å². The van der Waals surface area contributed by atoms with Gasteiger partial charge in [0.2, 0.25) is 11.9 Å². The van der Waals surface area contributed by atoms with Crippen molar-refractivity contribution < 1.29 is 4.79 Å². The number of nitrogens with two attached hydrogens (primary N) is 1. The third kappa shape index (κ3) is 4.16. The number of nitrogens with zero attached hydrogens (tertiary/aromatic N) is 2. The molecule has 0 fully saturated rings. The van der Waals surface area contributed by atoms with E-state index < -0.39 is 0 Å². The van der Waals surface area contributed by atoms with Crippen LogP contribution in [0.4, 0.5) is 5.95 Å². The largest absolute Gasteiger partial charge is 0.327 e. The fraction of sp³-hybridized carbons (Fsp3) is 0.471. The highest BCUT2D eigenvalue weighted by Crippen LogP contribution is 2.25. The third-order valence-corrected chi connectivity index (χ3v) is 3.95. The summed E-state index contributed by atoms with van der Waals surface area (Å²) in [6.45, 7) is 10.1. The van der Waals surface area contributed by atoms with Gasteiger partial charge in [-0.2, -0.15) is 4.98 Å². The van der Waals surface area contributed by atoms with Crippen LogP contribution in [0.2, 0.25) is 0 Å². The van der Waals surface area contributed by atoms with Gasteiger partial charge >= 0.3 is 0 Å². The maximum Gasteiger partial charge on any atom is 0.249 e. The molecule has 2 rings (SSSR count). The second-order valence-electron chi connectivity index (χ2n) is 6.97. The first kappa shape index (κ1) is 17.1. The summed E-state index contributed by atoms with van der Waals surface area (Å²) in [7, 11) is 0. The lowest BCUT2D eigenvalue weighted by atomic mass is 9.87. The molecule has 0 bridgehead atoms. The predicted octanol–water partition coefficient (Wildman–Crippen LogP) is 2.69. The van der Waals surface area contributed by atoms with Gasteiger partial charge in [-0.3, -0.25) is 15.2 Å². The zero-order chi connectivity index (χ0) is 17.2. The Balaban J connectivity index is 2.12. The maximum absolute atomic E-state index is 12.0. The molecular formula is C17H25N5O. The van der Waals surface area contributed by atoms with E-state index >= 15 is 0 Å². The van der Waals surface area contributed by atoms with E-state index in [1.165, 1.54) is 5.56 Å². The Morgan fingerprint density at radius 2 is 1.83 bits per heavy atom. The number of aromatic nitrogens is 3. The predicted molar refractivity (Wildman–Crippen MR) is 92.0 cm³/mol. The Bertz CT molecular complexity index is 667. The van der Waals surface area contributed by atoms with Crippen LogP contribution in [-0.2, 0) is 10.2 Å². The molecule has 2 aromatic rings. The van der Waals surface area contributed by atoms with E-state index in [1.807, 2.05) is 12.1 Å². The summed E-state index contributed by atoms with van der Waals surface area (Å²) in [6, 6.07) is 7.93. The van der Waals surface area contributed by atoms with Crippen LogP contribution in [0.25, 0.3) is 11.4 Å². The van der Waals surface area contributed by atoms with Crippen LogP contribution in [0.5, 0.6) is 0 Å². The van der Waals surface area contributed by atoms with E-state index in [-0.39, 0.29) is 29.2 Å². The van der Waals surface area contributed by atoms with Gasteiger partial charge in [-0.15, -0.1) is 5.10 Å². The summed E-state index contributed by atoms with van der Waals surface area (Å²) in [4.78, 5) is 16.3. The lowest BCUT2D eigenvalue weighted by Crippen LogP contribution is -2.34. The minimum atomic E-state index is -0.303. The van der Waals surface area contributed by atoms with Crippen molar-refractivity contribution in [2.75, 3.05) is 5.32 Å². The Kier molecular flexibility index (Phi) is 4.85. The highest BCUT2D eigenvalue weighted by atomic mass is 16.2. The molecule has 23 heavy (non-hydrogen) atoms. The number of hydrogen-bond donors (Lipinski definition) is 3. The molecule has 0 aliphatic heterocycles. The molecule has 0 spiro atoms. The van der Waals surface area contributed by atoms with Gasteiger partial charge in [-0.1, -0.05) is 52.0 Å². The molecule has 2 atom stereocenters. The number of anilines is 1. The molecule has 6 nitrogen and oxygen atoms in total. The van der Waals surface area contributed by atoms with Crippen molar-refractivity contribution in [3.8, 4) is 11.4 Å². The van der Waals surface area contributed by atoms with Crippen LogP contribution in [0.3, 0.4) is 0 Å². The quantitative estimate of drug-likeness (QED) is 0.808. The molecule has 1 heterocycles. The highest BCUT2D eigenvalue weighted by molar-refractivity contribution is 5.91. The van der Waals surface area contributed by atoms with Gasteiger partial charge in [0.25, 0.3) is 0 Å². The molecule has 2 unspecified atom stereocenters. The molecule has 1 aromatic heterocycles. The van der Waals surface area contributed by atoms with Crippen molar-refractivity contribution in [2.24, 2.45) is 11.7 Å². The Morgan fingerprint density at radius 3 is 2.35 bits per heavy atom. The molecule has 0 saturated carbocycles. The number of benzene rings is 1. The van der Waals surface area contributed by atoms with Crippen molar-refractivity contribution in [3.05, 3.63) is 29.8 Å². The molecule has 1 amide bonds. The number of hydrogen-bond acceptors (Lipinski definition) is 4. The standard InChI is InChI=1S/C17H25N5O/c1-10(11(2)18)15(23)20-16-19-14(21-22-16)12-6-8-13(9-7-12)17(3,4)5/h6-11H,18H2,1-5H3,(H2,19,20,21,22,23). The third-order valence-electron chi connectivity index (χ3n) is 3.95. The molecular weight excluding hydrogens is 290 g/mol. The first-order valence-electron chi connectivity index (χ1n) is 7.78. The van der Waals surface area contributed by atoms with Crippen LogP contribution in [0.15, 0.2) is 24.3 Å². The minimum absolute atomic E-state index is 0.105. The molecule has 4 N–H and O–H groups in total. The van der Waals surface area contributed by atoms with Crippen LogP contribution in [0.1, 0.15) is 40.2 Å². The van der Waals surface area contributed by atoms with Crippen LogP contribution in [0, 0.1) is 5.92 Å². The molecule has 0 radical (unpaired) electrons. The second-order valence-corrected chi connectivity index (χ2v) is 6.97. The summed E-state index contributed by atoms with van der Waals surface area (Å²) >= 11 is 0. The second kappa shape index (κ2) is 6.50. The average Bonchev–Trinajstić information content (AvgIpc) is 2.94. The lowest BCUT2D eigenvalue weighted by molar-refractivity contribution is -0.119. The summed E-state index contributed by atoms with van der Waals surface area (Å²) < 4.78 is 0. The van der Waals surface area contributed by atoms with Crippen LogP contribution < -0.4 is 11.1 Å². The summed E-state index contributed by atoms with van der Waals surface area (Å²) in [6.07, 6.45) is 0. The first-order valence-corrected chi connectivity index (χ1v) is 7.78. The van der Waals surface area contributed by atoms with Gasteiger partial charge in [0.05, 0.1) is 5.92 Å². The zero-order valence-corrected chi connectivity index (χ0v) is 14.3. The molecule has 0 saturated heterocycles. The van der Waals surface area contributed by atoms with Crippen LogP contribution in [-0.4, -0.2) is 27.1 Å². The SMILES string of the molecule is CC(N)C(C)C(=O)Nc1n[nH]c(-c2ccc(C(C)(C)C)cc2)n1. The van der Waals surface area contributed by atoms with Gasteiger partial charge < -0.3 is 5.73 Å². The number of carbonyl (C=O) groups is 1. The summed E-state index contributed by atoms with van der Waals surface area (Å²) in [5.74, 6) is 0.392. The number of aromatic amines is 1. The molecule has 1 aromatic carbocycles. The van der Waals surface area contributed by atoms with Crippen molar-refractivity contribution in [3.63, 3.8) is 0 Å². The number of nitrogens with one attached hydrogen (secondary N) is 2. The number of rotatable bonds is 4. The minimum Gasteiger partial charge on any atom is -0.327 e. The van der Waals surface area contributed by atoms with E-state index in [0.29, 0.717) is 5.82 Å². The maximum atomic E-state index is 12.0. The van der Waals surface area contributed by atoms with Gasteiger partial charge in [-0.05, 0) is 17.9 Å². The molecule has 124 valence electrons. The number of carbonyl (C=O) groups excluding carboxylic acids is 1. The zero-order valence-electron chi connectivity index (χ0n) is 14.3. The van der Waals surface area contributed by atoms with Gasteiger partial charge in [-0.25, -0.2) is 0 Å². The fourth-order valence-electron chi connectivity index (χ4n) is 2.04. The van der Waals surface area contributed by atoms with Crippen LogP contribution >= 0.6 is 0 Å². The van der Waals surface area contributed by atoms with Gasteiger partial charge in [0.15, 0.2) is 5.82 Å². The van der Waals surface area contributed by atoms with E-state index in [2.05, 4.69) is 53.4 Å². The van der Waals surface area contributed by atoms with Crippen molar-refractivity contribution in [1.29, 1.82) is 0 Å². The monoisotopic (exact) mass is 315 g/mol. The molecule has 6 heteroatoms. The molecule has 0 aliphatic carbocycles. The van der Waals surface area contributed by atoms with E-state index in [0.717, 1.165) is 5.56 Å². The average molecular weight is 315 g/mol. The van der Waals surface area contributed by atoms with E-state index in [4.69, 9.17) is 5.73 Å². The number of amides is 1. The Labute approximate surface area is 136 Å². The van der Waals surface area contributed by atoms with Gasteiger partial charge in [0, 0.05) is 11.6 Å². The van der Waals surface area contributed by atoms with E-state index in [9.17, 15) is 4.79 Å². The smallest absolute Gasteiger partial charge is 0.249 e. The van der Waals surface area contributed by atoms with E-state index in [1.54, 1.807) is 13.8 Å². The first-order chi connectivity index (χ1) is 10.7. The number of H-pyrrole nitrogens is 1. The fourth-order valence-corrected chi connectivity index (χ4v) is 2.04. The summed E-state index contributed by atoms with van der Waals surface area (Å²) in [5.41, 5.74) is 8.00. The summed E-state index contributed by atoms with van der Waals surface area (Å²) in [5, 5.41) is 9.56.